The number of hydrogen-bond donors (Lipinski definition) is 2. The van der Waals surface area contributed by atoms with Gasteiger partial charge in [-0.15, -0.1) is 0 Å². The second kappa shape index (κ2) is 7.56. The van der Waals surface area contributed by atoms with E-state index in [0.717, 1.165) is 36.0 Å². The zero-order valence-electron chi connectivity index (χ0n) is 11.8. The third-order valence-electron chi connectivity index (χ3n) is 3.63. The van der Waals surface area contributed by atoms with Gasteiger partial charge in [-0.2, -0.15) is 0 Å². The molecule has 0 saturated carbocycles. The van der Waals surface area contributed by atoms with Crippen molar-refractivity contribution < 1.29 is 9.59 Å². The van der Waals surface area contributed by atoms with Crippen molar-refractivity contribution in [1.29, 1.82) is 0 Å². The molecule has 1 fully saturated rings. The van der Waals surface area contributed by atoms with Crippen molar-refractivity contribution in [2.24, 2.45) is 11.7 Å². The minimum atomic E-state index is -0.477. The first kappa shape index (κ1) is 16.0. The molecule has 0 radical (unpaired) electrons. The quantitative estimate of drug-likeness (QED) is 0.836. The molecule has 0 aliphatic carbocycles. The maximum absolute atomic E-state index is 12.6. The Labute approximate surface area is 133 Å². The van der Waals surface area contributed by atoms with Crippen molar-refractivity contribution in [2.75, 3.05) is 19.6 Å². The van der Waals surface area contributed by atoms with E-state index < -0.39 is 5.91 Å². The predicted octanol–water partition coefficient (Wildman–Crippen LogP) is 1.26. The van der Waals surface area contributed by atoms with E-state index >= 15 is 0 Å². The molecule has 1 saturated heterocycles. The number of nitrogens with two attached hydrogens (primary N) is 1. The highest BCUT2D eigenvalue weighted by Gasteiger charge is 2.26. The van der Waals surface area contributed by atoms with Crippen LogP contribution in [0.4, 0.5) is 0 Å². The van der Waals surface area contributed by atoms with Crippen molar-refractivity contribution >= 4 is 27.7 Å². The fourth-order valence-electron chi connectivity index (χ4n) is 2.54. The fourth-order valence-corrected chi connectivity index (χ4v) is 2.80. The Morgan fingerprint density at radius 1 is 1.24 bits per heavy atom. The van der Waals surface area contributed by atoms with Crippen molar-refractivity contribution in [1.82, 2.24) is 10.2 Å². The number of rotatable bonds is 5. The number of nitrogens with one attached hydrogen (secondary N) is 1. The Morgan fingerprint density at radius 3 is 2.43 bits per heavy atom. The summed E-state index contributed by atoms with van der Waals surface area (Å²) in [5.41, 5.74) is 6.27. The molecule has 5 nitrogen and oxygen atoms in total. The standard InChI is InChI=1S/C15H20BrN3O2/c16-13-3-1-11(2-4-13)9-19(10-14(17)20)15(21)12-5-7-18-8-6-12/h1-4,12,18H,5-10H2,(H2,17,20). The molecule has 0 bridgehead atoms. The van der Waals surface area contributed by atoms with Crippen LogP contribution in [-0.4, -0.2) is 36.3 Å². The van der Waals surface area contributed by atoms with Gasteiger partial charge in [-0.05, 0) is 43.6 Å². The van der Waals surface area contributed by atoms with Gasteiger partial charge in [0.1, 0.15) is 0 Å². The van der Waals surface area contributed by atoms with Gasteiger partial charge in [0.15, 0.2) is 0 Å². The number of nitrogens with zero attached hydrogens (tertiary/aromatic N) is 1. The minimum Gasteiger partial charge on any atom is -0.368 e. The van der Waals surface area contributed by atoms with Crippen molar-refractivity contribution in [3.8, 4) is 0 Å². The van der Waals surface area contributed by atoms with Crippen LogP contribution >= 0.6 is 15.9 Å². The summed E-state index contributed by atoms with van der Waals surface area (Å²) >= 11 is 3.38. The van der Waals surface area contributed by atoms with Crippen molar-refractivity contribution in [3.05, 3.63) is 34.3 Å². The fraction of sp³-hybridized carbons (Fsp3) is 0.467. The zero-order valence-corrected chi connectivity index (χ0v) is 13.4. The first-order chi connectivity index (χ1) is 10.1. The van der Waals surface area contributed by atoms with Crippen LogP contribution in [0.5, 0.6) is 0 Å². The molecule has 2 rings (SSSR count). The van der Waals surface area contributed by atoms with Gasteiger partial charge in [-0.25, -0.2) is 0 Å². The molecule has 1 heterocycles. The Bertz CT molecular complexity index is 498. The number of primary amides is 1. The van der Waals surface area contributed by atoms with E-state index in [4.69, 9.17) is 5.73 Å². The molecule has 0 unspecified atom stereocenters. The van der Waals surface area contributed by atoms with Crippen LogP contribution in [0, 0.1) is 5.92 Å². The molecule has 2 amide bonds. The molecule has 114 valence electrons. The lowest BCUT2D eigenvalue weighted by molar-refractivity contribution is -0.140. The maximum atomic E-state index is 12.6. The van der Waals surface area contributed by atoms with Crippen LogP contribution in [0.25, 0.3) is 0 Å². The van der Waals surface area contributed by atoms with Crippen LogP contribution in [0.1, 0.15) is 18.4 Å². The van der Waals surface area contributed by atoms with Crippen LogP contribution < -0.4 is 11.1 Å². The molecule has 1 aliphatic heterocycles. The van der Waals surface area contributed by atoms with Crippen LogP contribution in [-0.2, 0) is 16.1 Å². The summed E-state index contributed by atoms with van der Waals surface area (Å²) < 4.78 is 0.984. The van der Waals surface area contributed by atoms with Crippen LogP contribution in [0.3, 0.4) is 0 Å². The Hall–Kier alpha value is -1.40. The average molecular weight is 354 g/mol. The van der Waals surface area contributed by atoms with Gasteiger partial charge in [0.2, 0.25) is 11.8 Å². The van der Waals surface area contributed by atoms with Gasteiger partial charge < -0.3 is 16.0 Å². The molecule has 0 spiro atoms. The summed E-state index contributed by atoms with van der Waals surface area (Å²) in [5, 5.41) is 3.24. The number of benzene rings is 1. The average Bonchev–Trinajstić information content (AvgIpc) is 2.48. The first-order valence-electron chi connectivity index (χ1n) is 7.08. The van der Waals surface area contributed by atoms with Gasteiger partial charge in [0, 0.05) is 16.9 Å². The number of amides is 2. The minimum absolute atomic E-state index is 0.0129. The third kappa shape index (κ3) is 4.82. The van der Waals surface area contributed by atoms with Crippen LogP contribution in [0.15, 0.2) is 28.7 Å². The molecule has 0 atom stereocenters. The second-order valence-corrected chi connectivity index (χ2v) is 6.23. The highest BCUT2D eigenvalue weighted by molar-refractivity contribution is 9.10. The molecule has 6 heteroatoms. The Balaban J connectivity index is 2.07. The number of hydrogen-bond acceptors (Lipinski definition) is 3. The second-order valence-electron chi connectivity index (χ2n) is 5.31. The highest BCUT2D eigenvalue weighted by Crippen LogP contribution is 2.18. The molecule has 1 aromatic rings. The highest BCUT2D eigenvalue weighted by atomic mass is 79.9. The largest absolute Gasteiger partial charge is 0.368 e. The van der Waals surface area contributed by atoms with E-state index in [2.05, 4.69) is 21.2 Å². The summed E-state index contributed by atoms with van der Waals surface area (Å²) in [5.74, 6) is -0.464. The molecule has 1 aromatic carbocycles. The molecular formula is C15H20BrN3O2. The maximum Gasteiger partial charge on any atom is 0.237 e. The van der Waals surface area contributed by atoms with E-state index in [1.165, 1.54) is 0 Å². The first-order valence-corrected chi connectivity index (χ1v) is 7.88. The SMILES string of the molecule is NC(=O)CN(Cc1ccc(Br)cc1)C(=O)C1CCNCC1. The summed E-state index contributed by atoms with van der Waals surface area (Å²) in [6.45, 7) is 2.08. The topological polar surface area (TPSA) is 75.4 Å². The number of carbonyl (C=O) groups is 2. The number of carbonyl (C=O) groups excluding carboxylic acids is 2. The lowest BCUT2D eigenvalue weighted by Gasteiger charge is -2.29. The van der Waals surface area contributed by atoms with Crippen molar-refractivity contribution in [3.63, 3.8) is 0 Å². The monoisotopic (exact) mass is 353 g/mol. The smallest absolute Gasteiger partial charge is 0.237 e. The molecule has 1 aliphatic rings. The normalized spacial score (nSPS) is 15.7. The van der Waals surface area contributed by atoms with E-state index in [1.54, 1.807) is 4.90 Å². The van der Waals surface area contributed by atoms with E-state index in [0.29, 0.717) is 6.54 Å². The summed E-state index contributed by atoms with van der Waals surface area (Å²) in [4.78, 5) is 25.4. The van der Waals surface area contributed by atoms with Gasteiger partial charge in [-0.3, -0.25) is 9.59 Å². The summed E-state index contributed by atoms with van der Waals surface area (Å²) in [7, 11) is 0. The van der Waals surface area contributed by atoms with Gasteiger partial charge in [-0.1, -0.05) is 28.1 Å². The Morgan fingerprint density at radius 2 is 1.86 bits per heavy atom. The number of halogens is 1. The van der Waals surface area contributed by atoms with Crippen LogP contribution in [0.2, 0.25) is 0 Å². The molecule has 3 N–H and O–H groups in total. The van der Waals surface area contributed by atoms with Crippen molar-refractivity contribution in [2.45, 2.75) is 19.4 Å². The lowest BCUT2D eigenvalue weighted by atomic mass is 9.96. The molecular weight excluding hydrogens is 334 g/mol. The van der Waals surface area contributed by atoms with Gasteiger partial charge in [0.05, 0.1) is 6.54 Å². The van der Waals surface area contributed by atoms with Gasteiger partial charge in [0.25, 0.3) is 0 Å². The molecule has 0 aromatic heterocycles. The zero-order chi connectivity index (χ0) is 15.2. The van der Waals surface area contributed by atoms with Gasteiger partial charge >= 0.3 is 0 Å². The van der Waals surface area contributed by atoms with E-state index in [1.807, 2.05) is 24.3 Å². The summed E-state index contributed by atoms with van der Waals surface area (Å²) in [6, 6.07) is 7.72. The van der Waals surface area contributed by atoms with E-state index in [-0.39, 0.29) is 18.4 Å². The molecule has 21 heavy (non-hydrogen) atoms. The number of piperidine rings is 1. The van der Waals surface area contributed by atoms with E-state index in [9.17, 15) is 9.59 Å². The predicted molar refractivity (Wildman–Crippen MR) is 84.3 cm³/mol. The Kier molecular flexibility index (Phi) is 5.76. The third-order valence-corrected chi connectivity index (χ3v) is 4.16. The summed E-state index contributed by atoms with van der Waals surface area (Å²) in [6.07, 6.45) is 1.63. The lowest BCUT2D eigenvalue weighted by Crippen LogP contribution is -2.44.